The summed E-state index contributed by atoms with van der Waals surface area (Å²) in [6.45, 7) is 4.44. The van der Waals surface area contributed by atoms with Crippen LogP contribution in [0.2, 0.25) is 5.02 Å². The quantitative estimate of drug-likeness (QED) is 0.784. The van der Waals surface area contributed by atoms with Crippen molar-refractivity contribution in [2.24, 2.45) is 0 Å². The highest BCUT2D eigenvalue weighted by atomic mass is 35.5. The fourth-order valence-electron chi connectivity index (χ4n) is 2.29. The monoisotopic (exact) mass is 293 g/mol. The molecule has 1 aromatic carbocycles. The van der Waals surface area contributed by atoms with Gasteiger partial charge in [-0.2, -0.15) is 0 Å². The van der Waals surface area contributed by atoms with Crippen LogP contribution in [-0.4, -0.2) is 6.04 Å². The molecule has 0 amide bonds. The Morgan fingerprint density at radius 2 is 2.00 bits per heavy atom. The van der Waals surface area contributed by atoms with E-state index in [0.29, 0.717) is 12.1 Å². The van der Waals surface area contributed by atoms with Crippen LogP contribution < -0.4 is 5.32 Å². The molecule has 2 aromatic rings. The van der Waals surface area contributed by atoms with Crippen molar-refractivity contribution in [2.45, 2.75) is 38.8 Å². The Morgan fingerprint density at radius 3 is 2.63 bits per heavy atom. The summed E-state index contributed by atoms with van der Waals surface area (Å²) in [6.07, 6.45) is 2.06. The zero-order valence-electron chi connectivity index (χ0n) is 11.4. The van der Waals surface area contributed by atoms with Gasteiger partial charge in [0.1, 0.15) is 0 Å². The van der Waals surface area contributed by atoms with E-state index in [1.807, 2.05) is 29.5 Å². The summed E-state index contributed by atoms with van der Waals surface area (Å²) in [6, 6.07) is 13.3. The minimum Gasteiger partial charge on any atom is -0.306 e. The van der Waals surface area contributed by atoms with Gasteiger partial charge in [-0.15, -0.1) is 11.3 Å². The van der Waals surface area contributed by atoms with E-state index in [9.17, 15) is 0 Å². The minimum absolute atomic E-state index is 0.409. The van der Waals surface area contributed by atoms with E-state index < -0.39 is 0 Å². The molecule has 0 spiro atoms. The molecule has 3 heteroatoms. The van der Waals surface area contributed by atoms with Crippen LogP contribution in [0.3, 0.4) is 0 Å². The van der Waals surface area contributed by atoms with Crippen molar-refractivity contribution in [1.29, 1.82) is 0 Å². The Balaban J connectivity index is 1.97. The van der Waals surface area contributed by atoms with Gasteiger partial charge in [-0.1, -0.05) is 42.8 Å². The average molecular weight is 294 g/mol. The molecule has 0 saturated carbocycles. The zero-order chi connectivity index (χ0) is 13.7. The Hall–Kier alpha value is -0.830. The Morgan fingerprint density at radius 1 is 1.21 bits per heavy atom. The molecule has 0 aliphatic carbocycles. The van der Waals surface area contributed by atoms with Gasteiger partial charge in [0.25, 0.3) is 0 Å². The molecule has 0 aliphatic rings. The Labute approximate surface area is 124 Å². The maximum Gasteiger partial charge on any atom is 0.0438 e. The molecular formula is C16H20ClNS. The summed E-state index contributed by atoms with van der Waals surface area (Å²) in [5.41, 5.74) is 1.21. The lowest BCUT2D eigenvalue weighted by atomic mass is 10.1. The first-order valence-corrected chi connectivity index (χ1v) is 7.99. The predicted octanol–water partition coefficient (Wildman–Crippen LogP) is 5.07. The molecule has 1 heterocycles. The van der Waals surface area contributed by atoms with Gasteiger partial charge in [0.05, 0.1) is 0 Å². The van der Waals surface area contributed by atoms with E-state index in [1.54, 1.807) is 0 Å². The first-order valence-electron chi connectivity index (χ1n) is 6.73. The number of hydrogen-bond donors (Lipinski definition) is 1. The van der Waals surface area contributed by atoms with Crippen molar-refractivity contribution in [2.75, 3.05) is 0 Å². The van der Waals surface area contributed by atoms with Crippen molar-refractivity contribution in [1.82, 2.24) is 5.32 Å². The molecule has 1 nitrogen and oxygen atoms in total. The number of thiophene rings is 1. The molecule has 1 aromatic heterocycles. The van der Waals surface area contributed by atoms with Gasteiger partial charge in [0, 0.05) is 22.0 Å². The predicted molar refractivity (Wildman–Crippen MR) is 85.1 cm³/mol. The van der Waals surface area contributed by atoms with E-state index in [4.69, 9.17) is 11.6 Å². The van der Waals surface area contributed by atoms with Crippen LogP contribution in [-0.2, 0) is 6.42 Å². The maximum atomic E-state index is 6.21. The lowest BCUT2D eigenvalue weighted by Crippen LogP contribution is -2.31. The van der Waals surface area contributed by atoms with Crippen LogP contribution in [0.1, 0.15) is 36.8 Å². The lowest BCUT2D eigenvalue weighted by molar-refractivity contribution is 0.448. The smallest absolute Gasteiger partial charge is 0.0438 e. The van der Waals surface area contributed by atoms with Crippen LogP contribution in [0.15, 0.2) is 41.8 Å². The van der Waals surface area contributed by atoms with Crippen LogP contribution in [0.4, 0.5) is 0 Å². The summed E-state index contributed by atoms with van der Waals surface area (Å²) < 4.78 is 0. The van der Waals surface area contributed by atoms with E-state index >= 15 is 0 Å². The van der Waals surface area contributed by atoms with Crippen LogP contribution in [0.25, 0.3) is 0 Å². The number of halogens is 1. The molecular weight excluding hydrogens is 274 g/mol. The fraction of sp³-hybridized carbons (Fsp3) is 0.375. The molecule has 1 N–H and O–H groups in total. The normalized spacial score (nSPS) is 14.3. The maximum absolute atomic E-state index is 6.21. The van der Waals surface area contributed by atoms with Gasteiger partial charge in [0.15, 0.2) is 0 Å². The molecule has 0 aliphatic heterocycles. The summed E-state index contributed by atoms with van der Waals surface area (Å²) in [4.78, 5) is 1.41. The van der Waals surface area contributed by atoms with Gasteiger partial charge >= 0.3 is 0 Å². The number of nitrogens with one attached hydrogen (secondary N) is 1. The van der Waals surface area contributed by atoms with Crippen molar-refractivity contribution >= 4 is 22.9 Å². The molecule has 102 valence electrons. The summed E-state index contributed by atoms with van der Waals surface area (Å²) in [7, 11) is 0. The molecule has 2 rings (SSSR count). The summed E-state index contributed by atoms with van der Waals surface area (Å²) >= 11 is 8.03. The number of rotatable bonds is 6. The average Bonchev–Trinajstić information content (AvgIpc) is 2.92. The third-order valence-corrected chi connectivity index (χ3v) is 4.62. The first kappa shape index (κ1) is 14.6. The van der Waals surface area contributed by atoms with Crippen LogP contribution in [0, 0.1) is 0 Å². The zero-order valence-corrected chi connectivity index (χ0v) is 13.0. The molecule has 0 saturated heterocycles. The van der Waals surface area contributed by atoms with Gasteiger partial charge in [-0.3, -0.25) is 0 Å². The fourth-order valence-corrected chi connectivity index (χ4v) is 3.37. The third-order valence-electron chi connectivity index (χ3n) is 3.26. The van der Waals surface area contributed by atoms with E-state index in [1.165, 1.54) is 10.4 Å². The van der Waals surface area contributed by atoms with Gasteiger partial charge in [-0.25, -0.2) is 0 Å². The van der Waals surface area contributed by atoms with E-state index in [-0.39, 0.29) is 0 Å². The second-order valence-electron chi connectivity index (χ2n) is 4.84. The van der Waals surface area contributed by atoms with Crippen molar-refractivity contribution in [3.8, 4) is 0 Å². The van der Waals surface area contributed by atoms with Crippen molar-refractivity contribution < 1.29 is 0 Å². The number of benzene rings is 1. The highest BCUT2D eigenvalue weighted by Crippen LogP contribution is 2.23. The first-order chi connectivity index (χ1) is 9.20. The van der Waals surface area contributed by atoms with Crippen LogP contribution >= 0.6 is 22.9 Å². The van der Waals surface area contributed by atoms with E-state index in [2.05, 4.69) is 42.7 Å². The Bertz CT molecular complexity index is 495. The molecule has 19 heavy (non-hydrogen) atoms. The largest absolute Gasteiger partial charge is 0.306 e. The minimum atomic E-state index is 0.409. The van der Waals surface area contributed by atoms with Gasteiger partial charge < -0.3 is 5.32 Å². The van der Waals surface area contributed by atoms with Crippen molar-refractivity contribution in [3.05, 3.63) is 57.2 Å². The molecule has 2 atom stereocenters. The molecule has 0 fully saturated rings. The molecule has 0 radical (unpaired) electrons. The Kier molecular flexibility index (Phi) is 5.44. The highest BCUT2D eigenvalue weighted by Gasteiger charge is 2.14. The van der Waals surface area contributed by atoms with Crippen molar-refractivity contribution in [3.63, 3.8) is 0 Å². The number of hydrogen-bond acceptors (Lipinski definition) is 2. The second-order valence-corrected chi connectivity index (χ2v) is 6.23. The standard InChI is InChI=1S/C16H20ClNS/c1-3-15(16-9-6-10-19-16)18-12(2)11-13-7-4-5-8-14(13)17/h4-10,12,15,18H,3,11H2,1-2H3. The van der Waals surface area contributed by atoms with Gasteiger partial charge in [-0.05, 0) is 42.8 Å². The summed E-state index contributed by atoms with van der Waals surface area (Å²) in [5, 5.41) is 6.70. The SMILES string of the molecule is CCC(NC(C)Cc1ccccc1Cl)c1cccs1. The highest BCUT2D eigenvalue weighted by molar-refractivity contribution is 7.10. The third kappa shape index (κ3) is 4.07. The van der Waals surface area contributed by atoms with Crippen LogP contribution in [0.5, 0.6) is 0 Å². The lowest BCUT2D eigenvalue weighted by Gasteiger charge is -2.22. The topological polar surface area (TPSA) is 12.0 Å². The second kappa shape index (κ2) is 7.09. The summed E-state index contributed by atoms with van der Waals surface area (Å²) in [5.74, 6) is 0. The van der Waals surface area contributed by atoms with E-state index in [0.717, 1.165) is 17.9 Å². The molecule has 0 bridgehead atoms. The molecule has 2 unspecified atom stereocenters. The van der Waals surface area contributed by atoms with Gasteiger partial charge in [0.2, 0.25) is 0 Å².